The molecule has 0 spiro atoms. The summed E-state index contributed by atoms with van der Waals surface area (Å²) in [6.45, 7) is 3.18. The average molecular weight is 388 g/mol. The van der Waals surface area contributed by atoms with Crippen molar-refractivity contribution in [3.05, 3.63) is 69.1 Å². The predicted octanol–water partition coefficient (Wildman–Crippen LogP) is 2.68. The smallest absolute Gasteiger partial charge is 0.260 e. The lowest BCUT2D eigenvalue weighted by atomic mass is 10.1. The lowest BCUT2D eigenvalue weighted by Gasteiger charge is -2.31. The molecule has 1 fully saturated rings. The monoisotopic (exact) mass is 387 g/mol. The maximum absolute atomic E-state index is 12.9. The van der Waals surface area contributed by atoms with Gasteiger partial charge in [0.1, 0.15) is 5.56 Å². The van der Waals surface area contributed by atoms with Gasteiger partial charge in [0.05, 0.1) is 5.02 Å². The quantitative estimate of drug-likeness (QED) is 0.876. The average Bonchev–Trinajstić information content (AvgIpc) is 2.83. The molecule has 2 aromatic rings. The number of hydrogen-bond acceptors (Lipinski definition) is 3. The molecule has 142 valence electrons. The Morgan fingerprint density at radius 3 is 2.70 bits per heavy atom. The zero-order valence-corrected chi connectivity index (χ0v) is 15.9. The van der Waals surface area contributed by atoms with Gasteiger partial charge in [0.15, 0.2) is 0 Å². The molecule has 6 nitrogen and oxygen atoms in total. The summed E-state index contributed by atoms with van der Waals surface area (Å²) in [4.78, 5) is 43.5. The highest BCUT2D eigenvalue weighted by atomic mass is 35.5. The van der Waals surface area contributed by atoms with Crippen LogP contribution in [-0.2, 0) is 11.3 Å². The molecule has 0 bridgehead atoms. The number of rotatable bonds is 4. The first-order valence-corrected chi connectivity index (χ1v) is 9.38. The van der Waals surface area contributed by atoms with Gasteiger partial charge in [-0.05, 0) is 18.1 Å². The Morgan fingerprint density at radius 1 is 1.26 bits per heavy atom. The van der Waals surface area contributed by atoms with E-state index in [2.05, 4.69) is 4.98 Å². The second-order valence-corrected chi connectivity index (χ2v) is 7.07. The minimum atomic E-state index is -0.478. The second kappa shape index (κ2) is 8.39. The second-order valence-electron chi connectivity index (χ2n) is 6.63. The van der Waals surface area contributed by atoms with E-state index < -0.39 is 11.5 Å². The SMILES string of the molecule is CCC1CN(C(=O)c2cc(Cl)c[nH]c2=O)CCC(=O)N1Cc1ccccc1. The summed E-state index contributed by atoms with van der Waals surface area (Å²) in [7, 11) is 0. The van der Waals surface area contributed by atoms with E-state index >= 15 is 0 Å². The van der Waals surface area contributed by atoms with Crippen molar-refractivity contribution >= 4 is 23.4 Å². The van der Waals surface area contributed by atoms with E-state index in [0.717, 1.165) is 5.56 Å². The van der Waals surface area contributed by atoms with Gasteiger partial charge in [-0.3, -0.25) is 14.4 Å². The number of aromatic nitrogens is 1. The molecule has 3 rings (SSSR count). The first-order valence-electron chi connectivity index (χ1n) is 9.00. The molecule has 2 heterocycles. The Labute approximate surface area is 162 Å². The van der Waals surface area contributed by atoms with Gasteiger partial charge in [-0.25, -0.2) is 0 Å². The van der Waals surface area contributed by atoms with E-state index in [1.807, 2.05) is 42.2 Å². The third-order valence-corrected chi connectivity index (χ3v) is 5.06. The number of pyridine rings is 1. The molecule has 1 aromatic carbocycles. The molecule has 0 saturated carbocycles. The summed E-state index contributed by atoms with van der Waals surface area (Å²) in [6.07, 6.45) is 2.30. The van der Waals surface area contributed by atoms with E-state index in [0.29, 0.717) is 24.5 Å². The fraction of sp³-hybridized carbons (Fsp3) is 0.350. The van der Waals surface area contributed by atoms with Gasteiger partial charge >= 0.3 is 0 Å². The van der Waals surface area contributed by atoms with Gasteiger partial charge in [0, 0.05) is 38.3 Å². The number of amides is 2. The molecule has 1 saturated heterocycles. The van der Waals surface area contributed by atoms with Crippen molar-refractivity contribution in [2.75, 3.05) is 13.1 Å². The maximum atomic E-state index is 12.9. The van der Waals surface area contributed by atoms with Gasteiger partial charge in [-0.15, -0.1) is 0 Å². The Bertz CT molecular complexity index is 882. The van der Waals surface area contributed by atoms with E-state index in [-0.39, 0.29) is 30.5 Å². The van der Waals surface area contributed by atoms with Crippen LogP contribution in [0.5, 0.6) is 0 Å². The fourth-order valence-electron chi connectivity index (χ4n) is 3.34. The van der Waals surface area contributed by atoms with Crippen molar-refractivity contribution in [3.63, 3.8) is 0 Å². The van der Waals surface area contributed by atoms with Gasteiger partial charge in [0.2, 0.25) is 5.91 Å². The molecule has 1 aliphatic rings. The van der Waals surface area contributed by atoms with Crippen LogP contribution >= 0.6 is 11.6 Å². The summed E-state index contributed by atoms with van der Waals surface area (Å²) >= 11 is 5.92. The highest BCUT2D eigenvalue weighted by Crippen LogP contribution is 2.19. The van der Waals surface area contributed by atoms with Gasteiger partial charge < -0.3 is 14.8 Å². The molecular weight excluding hydrogens is 366 g/mol. The molecule has 1 N–H and O–H groups in total. The summed E-state index contributed by atoms with van der Waals surface area (Å²) in [5, 5.41) is 0.293. The summed E-state index contributed by atoms with van der Waals surface area (Å²) in [5.41, 5.74) is 0.575. The van der Waals surface area contributed by atoms with Crippen LogP contribution in [0, 0.1) is 0 Å². The van der Waals surface area contributed by atoms with Gasteiger partial charge in [0.25, 0.3) is 11.5 Å². The number of carbonyl (C=O) groups excluding carboxylic acids is 2. The molecule has 0 aliphatic carbocycles. The van der Waals surface area contributed by atoms with Crippen LogP contribution in [-0.4, -0.2) is 45.7 Å². The predicted molar refractivity (Wildman–Crippen MR) is 104 cm³/mol. The van der Waals surface area contributed by atoms with Crippen molar-refractivity contribution in [1.82, 2.24) is 14.8 Å². The Morgan fingerprint density at radius 2 is 2.00 bits per heavy atom. The zero-order chi connectivity index (χ0) is 19.4. The van der Waals surface area contributed by atoms with Gasteiger partial charge in [-0.2, -0.15) is 0 Å². The molecule has 1 aromatic heterocycles. The van der Waals surface area contributed by atoms with Crippen LogP contribution < -0.4 is 5.56 Å². The number of nitrogens with one attached hydrogen (secondary N) is 1. The van der Waals surface area contributed by atoms with Crippen LogP contribution in [0.4, 0.5) is 0 Å². The van der Waals surface area contributed by atoms with E-state index in [1.54, 1.807) is 4.90 Å². The Hall–Kier alpha value is -2.60. The molecule has 1 aliphatic heterocycles. The molecule has 1 unspecified atom stereocenters. The van der Waals surface area contributed by atoms with Crippen molar-refractivity contribution in [2.45, 2.75) is 32.4 Å². The van der Waals surface area contributed by atoms with Crippen LogP contribution in [0.1, 0.15) is 35.7 Å². The number of benzene rings is 1. The normalized spacial score (nSPS) is 17.7. The van der Waals surface area contributed by atoms with Crippen LogP contribution in [0.25, 0.3) is 0 Å². The van der Waals surface area contributed by atoms with E-state index in [9.17, 15) is 14.4 Å². The minimum Gasteiger partial charge on any atom is -0.336 e. The van der Waals surface area contributed by atoms with Crippen molar-refractivity contribution < 1.29 is 9.59 Å². The van der Waals surface area contributed by atoms with Crippen LogP contribution in [0.3, 0.4) is 0 Å². The van der Waals surface area contributed by atoms with Crippen molar-refractivity contribution in [3.8, 4) is 0 Å². The molecular formula is C20H22ClN3O3. The summed E-state index contributed by atoms with van der Waals surface area (Å²) < 4.78 is 0. The van der Waals surface area contributed by atoms with Crippen LogP contribution in [0.15, 0.2) is 47.4 Å². The van der Waals surface area contributed by atoms with Gasteiger partial charge in [-0.1, -0.05) is 48.9 Å². The third kappa shape index (κ3) is 4.39. The van der Waals surface area contributed by atoms with Crippen molar-refractivity contribution in [2.24, 2.45) is 0 Å². The van der Waals surface area contributed by atoms with Crippen LogP contribution in [0.2, 0.25) is 5.02 Å². The first kappa shape index (κ1) is 19.2. The number of nitrogens with zero attached hydrogens (tertiary/aromatic N) is 2. The number of aromatic amines is 1. The summed E-state index contributed by atoms with van der Waals surface area (Å²) in [6, 6.07) is 11.1. The van der Waals surface area contributed by atoms with E-state index in [4.69, 9.17) is 11.6 Å². The standard InChI is InChI=1S/C20H22ClN3O3/c1-2-16-13-23(20(27)17-10-15(21)11-22-19(17)26)9-8-18(25)24(16)12-14-6-4-3-5-7-14/h3-7,10-11,16H,2,8-9,12-13H2,1H3,(H,22,26). The number of H-pyrrole nitrogens is 1. The lowest BCUT2D eigenvalue weighted by Crippen LogP contribution is -2.44. The number of halogens is 1. The molecule has 2 amide bonds. The number of hydrogen-bond donors (Lipinski definition) is 1. The zero-order valence-electron chi connectivity index (χ0n) is 15.2. The fourth-order valence-corrected chi connectivity index (χ4v) is 3.50. The lowest BCUT2D eigenvalue weighted by molar-refractivity contribution is -0.133. The Balaban J connectivity index is 1.83. The highest BCUT2D eigenvalue weighted by Gasteiger charge is 2.31. The Kier molecular flexibility index (Phi) is 5.96. The largest absolute Gasteiger partial charge is 0.336 e. The minimum absolute atomic E-state index is 0.00121. The molecule has 27 heavy (non-hydrogen) atoms. The maximum Gasteiger partial charge on any atom is 0.260 e. The molecule has 1 atom stereocenters. The van der Waals surface area contributed by atoms with Crippen molar-refractivity contribution in [1.29, 1.82) is 0 Å². The third-order valence-electron chi connectivity index (χ3n) is 4.84. The summed E-state index contributed by atoms with van der Waals surface area (Å²) in [5.74, 6) is -0.382. The molecule has 0 radical (unpaired) electrons. The number of carbonyl (C=O) groups is 2. The molecule has 7 heteroatoms. The first-order chi connectivity index (χ1) is 13.0. The van der Waals surface area contributed by atoms with E-state index in [1.165, 1.54) is 12.3 Å². The topological polar surface area (TPSA) is 73.5 Å². The highest BCUT2D eigenvalue weighted by molar-refractivity contribution is 6.30.